The first-order valence-electron chi connectivity index (χ1n) is 7.74. The van der Waals surface area contributed by atoms with E-state index in [9.17, 15) is 4.79 Å². The minimum absolute atomic E-state index is 0.203. The zero-order valence-corrected chi connectivity index (χ0v) is 14.7. The Hall–Kier alpha value is -2.59. The lowest BCUT2D eigenvalue weighted by molar-refractivity contribution is 0.174. The van der Waals surface area contributed by atoms with Crippen molar-refractivity contribution in [1.82, 2.24) is 29.1 Å². The lowest BCUT2D eigenvalue weighted by Crippen LogP contribution is -2.39. The molecule has 1 N–H and O–H groups in total. The summed E-state index contributed by atoms with van der Waals surface area (Å²) in [7, 11) is 1.56. The lowest BCUT2D eigenvalue weighted by atomic mass is 10.2. The first-order chi connectivity index (χ1) is 12.2. The fourth-order valence-corrected chi connectivity index (χ4v) is 2.78. The maximum Gasteiger partial charge on any atom is 0.318 e. The van der Waals surface area contributed by atoms with Gasteiger partial charge in [0.1, 0.15) is 24.2 Å². The van der Waals surface area contributed by atoms with E-state index in [1.807, 2.05) is 25.1 Å². The Morgan fingerprint density at radius 2 is 2.20 bits per heavy atom. The molecule has 0 radical (unpaired) electrons. The number of methoxy groups -OCH3 is 1. The second-order valence-electron chi connectivity index (χ2n) is 5.30. The van der Waals surface area contributed by atoms with Gasteiger partial charge in [-0.1, -0.05) is 11.2 Å². The standard InChI is InChI=1S/C15H18N6O3S/c1-3-21(8-14-17-13(9-23-2)18-24-14)15(22)16-7-10-4-5-11-12(6-10)20-25-19-11/h4-6H,3,7-9H2,1-2H3,(H,16,22). The molecule has 25 heavy (non-hydrogen) atoms. The Morgan fingerprint density at radius 1 is 1.36 bits per heavy atom. The first kappa shape index (κ1) is 17.2. The van der Waals surface area contributed by atoms with Crippen molar-refractivity contribution in [2.75, 3.05) is 13.7 Å². The van der Waals surface area contributed by atoms with Crippen molar-refractivity contribution in [3.63, 3.8) is 0 Å². The molecule has 0 aliphatic heterocycles. The Bertz CT molecular complexity index is 849. The predicted molar refractivity (Wildman–Crippen MR) is 90.7 cm³/mol. The topological polar surface area (TPSA) is 106 Å². The van der Waals surface area contributed by atoms with Gasteiger partial charge in [-0.2, -0.15) is 13.7 Å². The number of hydrogen-bond donors (Lipinski definition) is 1. The largest absolute Gasteiger partial charge is 0.377 e. The van der Waals surface area contributed by atoms with E-state index in [0.717, 1.165) is 16.6 Å². The summed E-state index contributed by atoms with van der Waals surface area (Å²) >= 11 is 1.17. The second-order valence-corrected chi connectivity index (χ2v) is 5.83. The maximum atomic E-state index is 12.4. The van der Waals surface area contributed by atoms with E-state index >= 15 is 0 Å². The van der Waals surface area contributed by atoms with E-state index in [1.54, 1.807) is 12.0 Å². The zero-order chi connectivity index (χ0) is 17.6. The molecular formula is C15H18N6O3S. The summed E-state index contributed by atoms with van der Waals surface area (Å²) in [6.45, 7) is 3.33. The molecule has 0 unspecified atom stereocenters. The molecule has 3 aromatic rings. The average molecular weight is 362 g/mol. The normalized spacial score (nSPS) is 11.0. The highest BCUT2D eigenvalue weighted by Gasteiger charge is 2.16. The number of fused-ring (bicyclic) bond motifs is 1. The molecular weight excluding hydrogens is 344 g/mol. The lowest BCUT2D eigenvalue weighted by Gasteiger charge is -2.19. The molecule has 0 saturated carbocycles. The molecule has 2 aromatic heterocycles. The number of ether oxygens (including phenoxy) is 1. The number of aromatic nitrogens is 4. The molecule has 0 fully saturated rings. The van der Waals surface area contributed by atoms with Gasteiger partial charge in [-0.15, -0.1) is 0 Å². The van der Waals surface area contributed by atoms with Gasteiger partial charge in [0.15, 0.2) is 5.82 Å². The third kappa shape index (κ3) is 4.28. The van der Waals surface area contributed by atoms with Crippen molar-refractivity contribution in [2.24, 2.45) is 0 Å². The fraction of sp³-hybridized carbons (Fsp3) is 0.400. The summed E-state index contributed by atoms with van der Waals surface area (Å²) in [6, 6.07) is 5.54. The summed E-state index contributed by atoms with van der Waals surface area (Å²) in [5.74, 6) is 0.832. The van der Waals surface area contributed by atoms with Crippen molar-refractivity contribution in [1.29, 1.82) is 0 Å². The van der Waals surface area contributed by atoms with Crippen molar-refractivity contribution in [3.05, 3.63) is 35.5 Å². The fourth-order valence-electron chi connectivity index (χ4n) is 2.26. The summed E-state index contributed by atoms with van der Waals surface area (Å²) in [5.41, 5.74) is 2.66. The Kier molecular flexibility index (Phi) is 5.51. The number of urea groups is 1. The summed E-state index contributed by atoms with van der Waals surface area (Å²) in [4.78, 5) is 18.1. The van der Waals surface area contributed by atoms with Crippen LogP contribution in [0.1, 0.15) is 24.2 Å². The van der Waals surface area contributed by atoms with Gasteiger partial charge in [0, 0.05) is 20.2 Å². The highest BCUT2D eigenvalue weighted by Crippen LogP contribution is 2.13. The molecule has 132 valence electrons. The number of amides is 2. The highest BCUT2D eigenvalue weighted by molar-refractivity contribution is 7.00. The molecule has 0 saturated heterocycles. The number of nitrogens with one attached hydrogen (secondary N) is 1. The predicted octanol–water partition coefficient (Wildman–Crippen LogP) is 1.95. The van der Waals surface area contributed by atoms with E-state index < -0.39 is 0 Å². The Labute approximate surface area is 148 Å². The maximum absolute atomic E-state index is 12.4. The number of benzene rings is 1. The molecule has 3 rings (SSSR count). The van der Waals surface area contributed by atoms with Gasteiger partial charge in [-0.25, -0.2) is 4.79 Å². The van der Waals surface area contributed by atoms with E-state index in [1.165, 1.54) is 11.7 Å². The van der Waals surface area contributed by atoms with Crippen molar-refractivity contribution in [2.45, 2.75) is 26.6 Å². The smallest absolute Gasteiger partial charge is 0.318 e. The average Bonchev–Trinajstić information content (AvgIpc) is 3.26. The van der Waals surface area contributed by atoms with Crippen LogP contribution in [0, 0.1) is 0 Å². The molecule has 9 nitrogen and oxygen atoms in total. The molecule has 10 heteroatoms. The summed E-state index contributed by atoms with van der Waals surface area (Å²) in [6.07, 6.45) is 0. The molecule has 2 heterocycles. The van der Waals surface area contributed by atoms with Gasteiger partial charge in [0.25, 0.3) is 0 Å². The zero-order valence-electron chi connectivity index (χ0n) is 13.9. The molecule has 2 amide bonds. The van der Waals surface area contributed by atoms with Crippen molar-refractivity contribution >= 4 is 28.8 Å². The van der Waals surface area contributed by atoms with Crippen LogP contribution < -0.4 is 5.32 Å². The van der Waals surface area contributed by atoms with Gasteiger partial charge in [0.05, 0.1) is 11.7 Å². The number of nitrogens with zero attached hydrogens (tertiary/aromatic N) is 5. The van der Waals surface area contributed by atoms with Crippen LogP contribution >= 0.6 is 11.7 Å². The minimum Gasteiger partial charge on any atom is -0.377 e. The molecule has 0 aliphatic rings. The molecule has 0 bridgehead atoms. The van der Waals surface area contributed by atoms with Crippen LogP contribution in [-0.2, 0) is 24.4 Å². The minimum atomic E-state index is -0.203. The third-order valence-electron chi connectivity index (χ3n) is 3.54. The van der Waals surface area contributed by atoms with E-state index in [-0.39, 0.29) is 19.2 Å². The highest BCUT2D eigenvalue weighted by atomic mass is 32.1. The van der Waals surface area contributed by atoms with E-state index in [2.05, 4.69) is 24.2 Å². The molecule has 0 aliphatic carbocycles. The summed E-state index contributed by atoms with van der Waals surface area (Å²) in [5, 5.41) is 6.68. The van der Waals surface area contributed by atoms with Gasteiger partial charge in [-0.3, -0.25) is 0 Å². The van der Waals surface area contributed by atoms with E-state index in [0.29, 0.717) is 24.8 Å². The van der Waals surface area contributed by atoms with Gasteiger partial charge >= 0.3 is 6.03 Å². The number of carbonyl (C=O) groups is 1. The SMILES string of the molecule is CCN(Cc1nc(COC)no1)C(=O)NCc1ccc2nsnc2c1. The van der Waals surface area contributed by atoms with Crippen molar-refractivity contribution < 1.29 is 14.1 Å². The van der Waals surface area contributed by atoms with Crippen molar-refractivity contribution in [3.8, 4) is 0 Å². The van der Waals surface area contributed by atoms with Crippen LogP contribution in [0.4, 0.5) is 4.79 Å². The van der Waals surface area contributed by atoms with Crippen LogP contribution in [0.5, 0.6) is 0 Å². The van der Waals surface area contributed by atoms with Crippen LogP contribution in [0.15, 0.2) is 22.7 Å². The van der Waals surface area contributed by atoms with Crippen LogP contribution in [-0.4, -0.2) is 43.5 Å². The number of rotatable bonds is 7. The quantitative estimate of drug-likeness (QED) is 0.684. The van der Waals surface area contributed by atoms with E-state index in [4.69, 9.17) is 9.26 Å². The molecule has 1 aromatic carbocycles. The first-order valence-corrected chi connectivity index (χ1v) is 8.47. The Balaban J connectivity index is 1.57. The van der Waals surface area contributed by atoms with Crippen LogP contribution in [0.25, 0.3) is 11.0 Å². The molecule has 0 atom stereocenters. The molecule has 0 spiro atoms. The van der Waals surface area contributed by atoms with Gasteiger partial charge in [-0.05, 0) is 24.6 Å². The summed E-state index contributed by atoms with van der Waals surface area (Å²) < 4.78 is 18.4. The van der Waals surface area contributed by atoms with Gasteiger partial charge in [0.2, 0.25) is 5.89 Å². The van der Waals surface area contributed by atoms with Crippen LogP contribution in [0.2, 0.25) is 0 Å². The Morgan fingerprint density at radius 3 is 3.00 bits per heavy atom. The second kappa shape index (κ2) is 7.99. The van der Waals surface area contributed by atoms with Crippen LogP contribution in [0.3, 0.4) is 0 Å². The van der Waals surface area contributed by atoms with Gasteiger partial charge < -0.3 is 19.5 Å². The number of hydrogen-bond acceptors (Lipinski definition) is 8. The third-order valence-corrected chi connectivity index (χ3v) is 4.10. The number of carbonyl (C=O) groups excluding carboxylic acids is 1. The monoisotopic (exact) mass is 362 g/mol.